The third-order valence-corrected chi connectivity index (χ3v) is 4.53. The zero-order valence-corrected chi connectivity index (χ0v) is 15.6. The predicted molar refractivity (Wildman–Crippen MR) is 102 cm³/mol. The Morgan fingerprint density at radius 3 is 2.46 bits per heavy atom. The summed E-state index contributed by atoms with van der Waals surface area (Å²) in [6, 6.07) is 4.91. The lowest BCUT2D eigenvalue weighted by molar-refractivity contribution is -0.131. The van der Waals surface area contributed by atoms with Gasteiger partial charge >= 0.3 is 0 Å². The van der Waals surface area contributed by atoms with Gasteiger partial charge in [-0.05, 0) is 25.0 Å². The molecule has 0 unspecified atom stereocenters. The van der Waals surface area contributed by atoms with Crippen LogP contribution in [0.15, 0.2) is 36.8 Å². The quantitative estimate of drug-likeness (QED) is 0.804. The second-order valence-electron chi connectivity index (χ2n) is 6.40. The molecule has 9 heteroatoms. The van der Waals surface area contributed by atoms with Gasteiger partial charge < -0.3 is 15.5 Å². The molecule has 2 aromatic rings. The molecule has 0 aromatic carbocycles. The molecule has 0 spiro atoms. The Morgan fingerprint density at radius 2 is 1.79 bits per heavy atom. The molecule has 1 aliphatic heterocycles. The molecule has 0 radical (unpaired) electrons. The second-order valence-corrected chi connectivity index (χ2v) is 6.40. The molecule has 3 rings (SSSR count). The molecule has 1 fully saturated rings. The van der Waals surface area contributed by atoms with Crippen LogP contribution in [0, 0.1) is 0 Å². The summed E-state index contributed by atoms with van der Waals surface area (Å²) >= 11 is 0. The summed E-state index contributed by atoms with van der Waals surface area (Å²) in [5, 5.41) is 5.51. The van der Waals surface area contributed by atoms with Crippen molar-refractivity contribution in [1.82, 2.24) is 25.2 Å². The number of nitrogens with zero attached hydrogens (tertiary/aromatic N) is 4. The van der Waals surface area contributed by atoms with Crippen molar-refractivity contribution in [2.75, 3.05) is 18.4 Å². The van der Waals surface area contributed by atoms with Crippen molar-refractivity contribution in [1.29, 1.82) is 0 Å². The monoisotopic (exact) mass is 382 g/mol. The summed E-state index contributed by atoms with van der Waals surface area (Å²) in [4.78, 5) is 50.6. The summed E-state index contributed by atoms with van der Waals surface area (Å²) in [5.74, 6) is -0.682. The largest absolute Gasteiger partial charge is 0.348 e. The third kappa shape index (κ3) is 4.67. The summed E-state index contributed by atoms with van der Waals surface area (Å²) in [6.07, 6.45) is 6.14. The SMILES string of the molecule is CCC(=O)N1CCC(NC(=O)c2nccnc2NC(=O)c2ccccn2)CC1. The van der Waals surface area contributed by atoms with E-state index in [-0.39, 0.29) is 29.2 Å². The molecule has 0 bridgehead atoms. The molecule has 28 heavy (non-hydrogen) atoms. The highest BCUT2D eigenvalue weighted by Crippen LogP contribution is 2.14. The van der Waals surface area contributed by atoms with Crippen molar-refractivity contribution in [3.05, 3.63) is 48.2 Å². The molecule has 3 amide bonds. The number of carbonyl (C=O) groups excluding carboxylic acids is 3. The van der Waals surface area contributed by atoms with Gasteiger partial charge in [-0.25, -0.2) is 9.97 Å². The number of rotatable bonds is 5. The van der Waals surface area contributed by atoms with E-state index in [4.69, 9.17) is 0 Å². The highest BCUT2D eigenvalue weighted by atomic mass is 16.2. The van der Waals surface area contributed by atoms with Crippen molar-refractivity contribution in [3.63, 3.8) is 0 Å². The number of hydrogen-bond acceptors (Lipinski definition) is 6. The molecule has 146 valence electrons. The van der Waals surface area contributed by atoms with Crippen LogP contribution in [0.4, 0.5) is 5.82 Å². The lowest BCUT2D eigenvalue weighted by Gasteiger charge is -2.32. The maximum Gasteiger partial charge on any atom is 0.275 e. The van der Waals surface area contributed by atoms with E-state index in [9.17, 15) is 14.4 Å². The van der Waals surface area contributed by atoms with Gasteiger partial charge in [0.25, 0.3) is 11.8 Å². The Hall–Kier alpha value is -3.36. The Bertz CT molecular complexity index is 850. The minimum Gasteiger partial charge on any atom is -0.348 e. The molecule has 1 saturated heterocycles. The van der Waals surface area contributed by atoms with E-state index in [0.717, 1.165) is 0 Å². The predicted octanol–water partition coefficient (Wildman–Crippen LogP) is 1.25. The fraction of sp³-hybridized carbons (Fsp3) is 0.368. The summed E-state index contributed by atoms with van der Waals surface area (Å²) in [7, 11) is 0. The van der Waals surface area contributed by atoms with Crippen LogP contribution in [-0.2, 0) is 4.79 Å². The van der Waals surface area contributed by atoms with Crippen molar-refractivity contribution in [3.8, 4) is 0 Å². The average Bonchev–Trinajstić information content (AvgIpc) is 2.74. The van der Waals surface area contributed by atoms with Crippen molar-refractivity contribution >= 4 is 23.5 Å². The van der Waals surface area contributed by atoms with E-state index in [1.807, 2.05) is 11.8 Å². The average molecular weight is 382 g/mol. The number of pyridine rings is 1. The maximum atomic E-state index is 12.7. The highest BCUT2D eigenvalue weighted by Gasteiger charge is 2.25. The van der Waals surface area contributed by atoms with Crippen molar-refractivity contribution in [2.45, 2.75) is 32.2 Å². The van der Waals surface area contributed by atoms with E-state index in [1.54, 1.807) is 18.2 Å². The Labute approximate surface area is 162 Å². The molecule has 1 aliphatic rings. The van der Waals surface area contributed by atoms with Crippen LogP contribution in [0.1, 0.15) is 47.2 Å². The summed E-state index contributed by atoms with van der Waals surface area (Å²) < 4.78 is 0. The fourth-order valence-corrected chi connectivity index (χ4v) is 3.01. The Kier molecular flexibility index (Phi) is 6.25. The second kappa shape index (κ2) is 9.03. The summed E-state index contributed by atoms with van der Waals surface area (Å²) in [6.45, 7) is 3.06. The molecule has 0 saturated carbocycles. The van der Waals surface area contributed by atoms with Gasteiger partial charge in [-0.2, -0.15) is 0 Å². The van der Waals surface area contributed by atoms with E-state index >= 15 is 0 Å². The third-order valence-electron chi connectivity index (χ3n) is 4.53. The van der Waals surface area contributed by atoms with Crippen LogP contribution in [0.5, 0.6) is 0 Å². The standard InChI is InChI=1S/C19H22N6O3/c1-2-15(26)25-11-6-13(7-12-25)23-19(28)16-17(22-10-9-21-16)24-18(27)14-5-3-4-8-20-14/h3-5,8-10,13H,2,6-7,11-12H2,1H3,(H,23,28)(H,22,24,27). The van der Waals surface area contributed by atoms with Gasteiger partial charge in [-0.1, -0.05) is 13.0 Å². The van der Waals surface area contributed by atoms with Crippen LogP contribution in [0.3, 0.4) is 0 Å². The smallest absolute Gasteiger partial charge is 0.275 e. The lowest BCUT2D eigenvalue weighted by atomic mass is 10.0. The minimum absolute atomic E-state index is 0.0406. The first-order chi connectivity index (χ1) is 13.6. The van der Waals surface area contributed by atoms with E-state index in [2.05, 4.69) is 25.6 Å². The number of nitrogens with one attached hydrogen (secondary N) is 2. The van der Waals surface area contributed by atoms with Gasteiger partial charge in [-0.15, -0.1) is 0 Å². The molecular weight excluding hydrogens is 360 g/mol. The van der Waals surface area contributed by atoms with Gasteiger partial charge in [0.2, 0.25) is 5.91 Å². The summed E-state index contributed by atoms with van der Waals surface area (Å²) in [5.41, 5.74) is 0.256. The Balaban J connectivity index is 1.63. The number of hydrogen-bond donors (Lipinski definition) is 2. The number of anilines is 1. The van der Waals surface area contributed by atoms with E-state index < -0.39 is 11.8 Å². The van der Waals surface area contributed by atoms with Gasteiger partial charge in [0.05, 0.1) is 0 Å². The molecule has 2 N–H and O–H groups in total. The number of likely N-dealkylation sites (tertiary alicyclic amines) is 1. The van der Waals surface area contributed by atoms with Gasteiger partial charge in [0, 0.05) is 44.1 Å². The Morgan fingerprint density at radius 1 is 1.04 bits per heavy atom. The first-order valence-corrected chi connectivity index (χ1v) is 9.20. The highest BCUT2D eigenvalue weighted by molar-refractivity contribution is 6.06. The van der Waals surface area contributed by atoms with Gasteiger partial charge in [0.15, 0.2) is 11.5 Å². The topological polar surface area (TPSA) is 117 Å². The van der Waals surface area contributed by atoms with Gasteiger partial charge in [0.1, 0.15) is 5.69 Å². The fourth-order valence-electron chi connectivity index (χ4n) is 3.01. The first-order valence-electron chi connectivity index (χ1n) is 9.20. The zero-order chi connectivity index (χ0) is 19.9. The lowest BCUT2D eigenvalue weighted by Crippen LogP contribution is -2.46. The molecule has 0 aliphatic carbocycles. The van der Waals surface area contributed by atoms with Crippen LogP contribution in [-0.4, -0.2) is 56.7 Å². The molecule has 9 nitrogen and oxygen atoms in total. The molecular formula is C19H22N6O3. The van der Waals surface area contributed by atoms with Crippen molar-refractivity contribution in [2.24, 2.45) is 0 Å². The number of carbonyl (C=O) groups is 3. The molecule has 2 aromatic heterocycles. The number of aromatic nitrogens is 3. The van der Waals surface area contributed by atoms with Crippen molar-refractivity contribution < 1.29 is 14.4 Å². The van der Waals surface area contributed by atoms with Crippen LogP contribution in [0.2, 0.25) is 0 Å². The number of amides is 3. The van der Waals surface area contributed by atoms with Crippen LogP contribution in [0.25, 0.3) is 0 Å². The van der Waals surface area contributed by atoms with Gasteiger partial charge in [-0.3, -0.25) is 19.4 Å². The maximum absolute atomic E-state index is 12.7. The minimum atomic E-state index is -0.471. The number of piperidine rings is 1. The van der Waals surface area contributed by atoms with Crippen LogP contribution < -0.4 is 10.6 Å². The normalized spacial score (nSPS) is 14.4. The first kappa shape index (κ1) is 19.4. The van der Waals surface area contributed by atoms with E-state index in [0.29, 0.717) is 32.4 Å². The van der Waals surface area contributed by atoms with E-state index in [1.165, 1.54) is 18.6 Å². The van der Waals surface area contributed by atoms with Crippen LogP contribution >= 0.6 is 0 Å². The molecule has 0 atom stereocenters. The zero-order valence-electron chi connectivity index (χ0n) is 15.6. The molecule has 3 heterocycles.